The van der Waals surface area contributed by atoms with Gasteiger partial charge in [0, 0.05) is 16.1 Å². The molecule has 1 N–H and O–H groups in total. The van der Waals surface area contributed by atoms with Crippen LogP contribution in [0.2, 0.25) is 5.02 Å². The molecule has 1 saturated heterocycles. The highest BCUT2D eigenvalue weighted by molar-refractivity contribution is 6.30. The van der Waals surface area contributed by atoms with Crippen molar-refractivity contribution >= 4 is 17.6 Å². The fourth-order valence-corrected chi connectivity index (χ4v) is 4.06. The first-order chi connectivity index (χ1) is 13.5. The van der Waals surface area contributed by atoms with Gasteiger partial charge in [0.15, 0.2) is 0 Å². The fourth-order valence-electron chi connectivity index (χ4n) is 3.88. The SMILES string of the molecule is CCOc1ccc(Cl)cc1C(c1ccccc1OC)N1CCC(C(=O)O)CC1. The van der Waals surface area contributed by atoms with Crippen LogP contribution in [0.4, 0.5) is 0 Å². The van der Waals surface area contributed by atoms with Crippen LogP contribution in [0.15, 0.2) is 42.5 Å². The minimum Gasteiger partial charge on any atom is -0.496 e. The summed E-state index contributed by atoms with van der Waals surface area (Å²) in [6.07, 6.45) is 1.23. The van der Waals surface area contributed by atoms with Gasteiger partial charge in [-0.15, -0.1) is 0 Å². The van der Waals surface area contributed by atoms with Crippen LogP contribution in [0.5, 0.6) is 11.5 Å². The minimum atomic E-state index is -0.716. The maximum absolute atomic E-state index is 11.4. The fraction of sp³-hybridized carbons (Fsp3) is 0.409. The number of benzene rings is 2. The normalized spacial score (nSPS) is 16.5. The third kappa shape index (κ3) is 4.42. The zero-order valence-corrected chi connectivity index (χ0v) is 17.0. The Balaban J connectivity index is 2.06. The smallest absolute Gasteiger partial charge is 0.306 e. The Labute approximate surface area is 170 Å². The Kier molecular flexibility index (Phi) is 6.81. The van der Waals surface area contributed by atoms with Crippen LogP contribution in [0, 0.1) is 5.92 Å². The van der Waals surface area contributed by atoms with E-state index in [2.05, 4.69) is 4.90 Å². The van der Waals surface area contributed by atoms with Crippen LogP contribution in [-0.2, 0) is 4.79 Å². The molecule has 0 spiro atoms. The lowest BCUT2D eigenvalue weighted by atomic mass is 9.90. The number of hydrogen-bond donors (Lipinski definition) is 1. The zero-order valence-electron chi connectivity index (χ0n) is 16.2. The first kappa shape index (κ1) is 20.5. The molecule has 1 aliphatic heterocycles. The molecule has 0 saturated carbocycles. The molecule has 0 aliphatic carbocycles. The summed E-state index contributed by atoms with van der Waals surface area (Å²) in [5.41, 5.74) is 1.98. The second-order valence-corrected chi connectivity index (χ2v) is 7.34. The van der Waals surface area contributed by atoms with Crippen molar-refractivity contribution in [3.8, 4) is 11.5 Å². The molecule has 28 heavy (non-hydrogen) atoms. The zero-order chi connectivity index (χ0) is 20.1. The van der Waals surface area contributed by atoms with E-state index in [9.17, 15) is 9.90 Å². The number of likely N-dealkylation sites (tertiary alicyclic amines) is 1. The van der Waals surface area contributed by atoms with Crippen LogP contribution >= 0.6 is 11.6 Å². The van der Waals surface area contributed by atoms with E-state index in [-0.39, 0.29) is 12.0 Å². The van der Waals surface area contributed by atoms with Gasteiger partial charge < -0.3 is 14.6 Å². The number of carboxylic acids is 1. The largest absolute Gasteiger partial charge is 0.496 e. The molecule has 1 heterocycles. The number of rotatable bonds is 7. The summed E-state index contributed by atoms with van der Waals surface area (Å²) in [4.78, 5) is 13.7. The number of carbonyl (C=O) groups is 1. The van der Waals surface area contributed by atoms with E-state index < -0.39 is 5.97 Å². The van der Waals surface area contributed by atoms with Crippen LogP contribution in [0.25, 0.3) is 0 Å². The van der Waals surface area contributed by atoms with Crippen molar-refractivity contribution in [2.75, 3.05) is 26.8 Å². The molecule has 150 valence electrons. The number of ether oxygens (including phenoxy) is 2. The Morgan fingerprint density at radius 3 is 2.54 bits per heavy atom. The number of para-hydroxylation sites is 1. The Bertz CT molecular complexity index is 818. The lowest BCUT2D eigenvalue weighted by molar-refractivity contribution is -0.143. The predicted octanol–water partition coefficient (Wildman–Crippen LogP) is 4.63. The number of hydrogen-bond acceptors (Lipinski definition) is 4. The van der Waals surface area contributed by atoms with Crippen molar-refractivity contribution in [1.29, 1.82) is 0 Å². The Morgan fingerprint density at radius 2 is 1.89 bits per heavy atom. The number of nitrogens with zero attached hydrogens (tertiary/aromatic N) is 1. The quantitative estimate of drug-likeness (QED) is 0.730. The molecule has 3 rings (SSSR count). The number of piperidine rings is 1. The maximum Gasteiger partial charge on any atom is 0.306 e. The molecular formula is C22H26ClNO4. The molecule has 1 aliphatic rings. The number of methoxy groups -OCH3 is 1. The van der Waals surface area contributed by atoms with E-state index >= 15 is 0 Å². The third-order valence-corrected chi connectivity index (χ3v) is 5.48. The standard InChI is InChI=1S/C22H26ClNO4/c1-3-28-20-9-8-16(23)14-18(20)21(17-6-4-5-7-19(17)27-2)24-12-10-15(11-13-24)22(25)26/h4-9,14-15,21H,3,10-13H2,1-2H3,(H,25,26). The van der Waals surface area contributed by atoms with Crippen molar-refractivity contribution in [2.24, 2.45) is 5.92 Å². The molecule has 0 bridgehead atoms. The van der Waals surface area contributed by atoms with Crippen molar-refractivity contribution in [3.05, 3.63) is 58.6 Å². The average Bonchev–Trinajstić information content (AvgIpc) is 2.71. The van der Waals surface area contributed by atoms with E-state index in [1.165, 1.54) is 0 Å². The van der Waals surface area contributed by atoms with E-state index in [0.29, 0.717) is 37.6 Å². The summed E-state index contributed by atoms with van der Waals surface area (Å²) in [6, 6.07) is 13.4. The van der Waals surface area contributed by atoms with Crippen molar-refractivity contribution in [2.45, 2.75) is 25.8 Å². The van der Waals surface area contributed by atoms with Crippen LogP contribution in [-0.4, -0.2) is 42.8 Å². The number of halogens is 1. The van der Waals surface area contributed by atoms with Gasteiger partial charge in [-0.2, -0.15) is 0 Å². The molecule has 5 nitrogen and oxygen atoms in total. The van der Waals surface area contributed by atoms with Crippen LogP contribution in [0.3, 0.4) is 0 Å². The summed E-state index contributed by atoms with van der Waals surface area (Å²) in [5.74, 6) is 0.560. The van der Waals surface area contributed by atoms with E-state index in [4.69, 9.17) is 21.1 Å². The van der Waals surface area contributed by atoms with Crippen LogP contribution in [0.1, 0.15) is 36.9 Å². The monoisotopic (exact) mass is 403 g/mol. The van der Waals surface area contributed by atoms with E-state index in [0.717, 1.165) is 22.6 Å². The van der Waals surface area contributed by atoms with Gasteiger partial charge in [0.1, 0.15) is 11.5 Å². The minimum absolute atomic E-state index is 0.133. The van der Waals surface area contributed by atoms with Gasteiger partial charge in [-0.25, -0.2) is 0 Å². The second kappa shape index (κ2) is 9.30. The summed E-state index contributed by atoms with van der Waals surface area (Å²) < 4.78 is 11.5. The molecule has 1 atom stereocenters. The van der Waals surface area contributed by atoms with Gasteiger partial charge in [0.05, 0.1) is 25.7 Å². The highest BCUT2D eigenvalue weighted by Gasteiger charge is 2.33. The molecular weight excluding hydrogens is 378 g/mol. The third-order valence-electron chi connectivity index (χ3n) is 5.24. The molecule has 2 aromatic rings. The predicted molar refractivity (Wildman–Crippen MR) is 109 cm³/mol. The average molecular weight is 404 g/mol. The molecule has 2 aromatic carbocycles. The molecule has 1 unspecified atom stereocenters. The van der Waals surface area contributed by atoms with Crippen molar-refractivity contribution in [3.63, 3.8) is 0 Å². The van der Waals surface area contributed by atoms with Gasteiger partial charge >= 0.3 is 5.97 Å². The summed E-state index contributed by atoms with van der Waals surface area (Å²) in [6.45, 7) is 3.86. The second-order valence-electron chi connectivity index (χ2n) is 6.91. The molecule has 0 amide bonds. The van der Waals surface area contributed by atoms with Crippen molar-refractivity contribution < 1.29 is 19.4 Å². The van der Waals surface area contributed by atoms with Gasteiger partial charge in [0.2, 0.25) is 0 Å². The number of carboxylic acid groups (broad SMARTS) is 1. The molecule has 0 radical (unpaired) electrons. The van der Waals surface area contributed by atoms with E-state index in [1.807, 2.05) is 49.4 Å². The summed E-state index contributed by atoms with van der Waals surface area (Å²) in [7, 11) is 1.66. The lowest BCUT2D eigenvalue weighted by Gasteiger charge is -2.38. The maximum atomic E-state index is 11.4. The first-order valence-corrected chi connectivity index (χ1v) is 9.95. The van der Waals surface area contributed by atoms with Gasteiger partial charge in [-0.05, 0) is 57.1 Å². The number of aliphatic carboxylic acids is 1. The highest BCUT2D eigenvalue weighted by atomic mass is 35.5. The summed E-state index contributed by atoms with van der Waals surface area (Å²) in [5, 5.41) is 9.99. The van der Waals surface area contributed by atoms with Gasteiger partial charge in [0.25, 0.3) is 0 Å². The first-order valence-electron chi connectivity index (χ1n) is 9.57. The molecule has 6 heteroatoms. The molecule has 0 aromatic heterocycles. The van der Waals surface area contributed by atoms with Crippen molar-refractivity contribution in [1.82, 2.24) is 4.90 Å². The Morgan fingerprint density at radius 1 is 1.18 bits per heavy atom. The van der Waals surface area contributed by atoms with Crippen LogP contribution < -0.4 is 9.47 Å². The van der Waals surface area contributed by atoms with E-state index in [1.54, 1.807) is 7.11 Å². The summed E-state index contributed by atoms with van der Waals surface area (Å²) >= 11 is 6.34. The lowest BCUT2D eigenvalue weighted by Crippen LogP contribution is -2.39. The topological polar surface area (TPSA) is 59.0 Å². The highest BCUT2D eigenvalue weighted by Crippen LogP contribution is 2.41. The Hall–Kier alpha value is -2.24. The van der Waals surface area contributed by atoms with Gasteiger partial charge in [-0.3, -0.25) is 9.69 Å². The molecule has 1 fully saturated rings. The van der Waals surface area contributed by atoms with Gasteiger partial charge in [-0.1, -0.05) is 29.8 Å².